The molecule has 0 saturated heterocycles. The van der Waals surface area contributed by atoms with Crippen molar-refractivity contribution in [2.45, 2.75) is 29.6 Å². The van der Waals surface area contributed by atoms with Gasteiger partial charge < -0.3 is 11.1 Å². The second-order valence-corrected chi connectivity index (χ2v) is 11.7. The van der Waals surface area contributed by atoms with Gasteiger partial charge in [-0.1, -0.05) is 42.6 Å². The van der Waals surface area contributed by atoms with E-state index in [2.05, 4.69) is 10.4 Å². The second kappa shape index (κ2) is 7.83. The molecule has 3 rings (SSSR count). The Morgan fingerprint density at radius 1 is 1.30 bits per heavy atom. The van der Waals surface area contributed by atoms with Crippen molar-refractivity contribution in [3.05, 3.63) is 33.4 Å². The molecule has 182 valence electrons. The van der Waals surface area contributed by atoms with Crippen LogP contribution in [0.15, 0.2) is 17.0 Å². The fraction of sp³-hybridized carbons (Fsp3) is 0.389. The van der Waals surface area contributed by atoms with E-state index < -0.39 is 36.5 Å². The van der Waals surface area contributed by atoms with Gasteiger partial charge >= 0.3 is 10.2 Å². The molecule has 0 atom stereocenters. The lowest BCUT2D eigenvalue weighted by atomic mass is 9.94. The molecule has 0 unspecified atom stereocenters. The Bertz CT molecular complexity index is 1150. The van der Waals surface area contributed by atoms with Crippen LogP contribution in [0.5, 0.6) is 0 Å². The van der Waals surface area contributed by atoms with E-state index in [1.807, 2.05) is 12.3 Å². The summed E-state index contributed by atoms with van der Waals surface area (Å²) < 4.78 is 67.4. The highest BCUT2D eigenvalue weighted by Crippen LogP contribution is 3.02. The average Bonchev–Trinajstić information content (AvgIpc) is 3.40. The molecule has 1 saturated carbocycles. The zero-order valence-electron chi connectivity index (χ0n) is 17.0. The minimum Gasteiger partial charge on any atom is -0.370 e. The summed E-state index contributed by atoms with van der Waals surface area (Å²) in [5, 5.41) is 15.2. The van der Waals surface area contributed by atoms with Gasteiger partial charge in [0.15, 0.2) is 5.69 Å². The Morgan fingerprint density at radius 3 is 2.30 bits per heavy atom. The van der Waals surface area contributed by atoms with Gasteiger partial charge in [0.1, 0.15) is 22.5 Å². The quantitative estimate of drug-likeness (QED) is 0.279. The van der Waals surface area contributed by atoms with Crippen LogP contribution in [0, 0.1) is 11.3 Å². The van der Waals surface area contributed by atoms with Gasteiger partial charge in [0.25, 0.3) is 0 Å². The van der Waals surface area contributed by atoms with E-state index in [1.165, 1.54) is 0 Å². The maximum Gasteiger partial charge on any atom is 0.310 e. The van der Waals surface area contributed by atoms with Crippen molar-refractivity contribution in [2.24, 2.45) is 5.73 Å². The first kappa shape index (κ1) is 25.7. The number of hydrogen-bond acceptors (Lipinski definition) is 5. The number of nitrogens with zero attached hydrogens (tertiary/aromatic N) is 3. The molecule has 33 heavy (non-hydrogen) atoms. The highest BCUT2D eigenvalue weighted by molar-refractivity contribution is 8.45. The highest BCUT2D eigenvalue weighted by atomic mass is 35.5. The van der Waals surface area contributed by atoms with Gasteiger partial charge in [-0.05, 0) is 43.4 Å². The number of halogens is 7. The van der Waals surface area contributed by atoms with Gasteiger partial charge in [0.2, 0.25) is 5.91 Å². The van der Waals surface area contributed by atoms with Crippen LogP contribution in [-0.2, 0) is 10.2 Å². The molecule has 0 aliphatic heterocycles. The number of anilines is 1. The van der Waals surface area contributed by atoms with Gasteiger partial charge in [-0.3, -0.25) is 4.79 Å². The molecule has 15 heteroatoms. The summed E-state index contributed by atoms with van der Waals surface area (Å²) in [4.78, 5) is 9.92. The number of carbonyl (C=O) groups excluding carboxylic acids is 1. The first-order valence-corrected chi connectivity index (χ1v) is 13.5. The minimum absolute atomic E-state index is 0.0657. The highest BCUT2D eigenvalue weighted by Gasteiger charge is 2.65. The molecule has 6 nitrogen and oxygen atoms in total. The van der Waals surface area contributed by atoms with Crippen molar-refractivity contribution in [3.63, 3.8) is 0 Å². The minimum atomic E-state index is -10.1. The van der Waals surface area contributed by atoms with Gasteiger partial charge in [-0.2, -0.15) is 22.1 Å². The summed E-state index contributed by atoms with van der Waals surface area (Å²) >= 11 is 13.6. The molecule has 3 N–H and O–H groups in total. The maximum atomic E-state index is 13.3. The van der Waals surface area contributed by atoms with Gasteiger partial charge in [0.05, 0.1) is 15.5 Å². The molecule has 0 bridgehead atoms. The Hall–Kier alpha value is -1.88. The third-order valence-corrected chi connectivity index (χ3v) is 7.56. The molecule has 1 heterocycles. The van der Waals surface area contributed by atoms with Gasteiger partial charge in [-0.15, -0.1) is 0 Å². The summed E-state index contributed by atoms with van der Waals surface area (Å²) in [6.45, 7) is 0.345. The van der Waals surface area contributed by atoms with Crippen LogP contribution in [0.3, 0.4) is 0 Å². The molecular weight excluding hydrogens is 532 g/mol. The van der Waals surface area contributed by atoms with E-state index in [0.717, 1.165) is 10.4 Å². The van der Waals surface area contributed by atoms with Crippen molar-refractivity contribution in [2.75, 3.05) is 23.9 Å². The number of primary amides is 1. The van der Waals surface area contributed by atoms with Gasteiger partial charge in [0, 0.05) is 12.1 Å². The van der Waals surface area contributed by atoms with E-state index in [-0.39, 0.29) is 34.9 Å². The van der Waals surface area contributed by atoms with Crippen LogP contribution in [0.2, 0.25) is 10.0 Å². The van der Waals surface area contributed by atoms with Crippen molar-refractivity contribution in [1.82, 2.24) is 9.78 Å². The summed E-state index contributed by atoms with van der Waals surface area (Å²) in [5.74, 6) is 0.162. The second-order valence-electron chi connectivity index (χ2n) is 7.52. The lowest BCUT2D eigenvalue weighted by Gasteiger charge is -2.40. The summed E-state index contributed by atoms with van der Waals surface area (Å²) in [7, 11) is -10.1. The molecule has 1 aliphatic carbocycles. The molecule has 1 amide bonds. The maximum absolute atomic E-state index is 13.3. The third kappa shape index (κ3) is 4.99. The van der Waals surface area contributed by atoms with Crippen molar-refractivity contribution in [1.29, 1.82) is 5.26 Å². The fourth-order valence-corrected chi connectivity index (χ4v) is 5.30. The largest absolute Gasteiger partial charge is 0.370 e. The van der Waals surface area contributed by atoms with Crippen molar-refractivity contribution < 1.29 is 24.2 Å². The smallest absolute Gasteiger partial charge is 0.310 e. The molecule has 1 aliphatic rings. The number of rotatable bonds is 9. The number of thioether (sulfide) groups is 1. The van der Waals surface area contributed by atoms with Crippen LogP contribution in [0.25, 0.3) is 5.69 Å². The Morgan fingerprint density at radius 2 is 1.88 bits per heavy atom. The van der Waals surface area contributed by atoms with Crippen molar-refractivity contribution in [3.8, 4) is 11.8 Å². The summed E-state index contributed by atoms with van der Waals surface area (Å²) in [6, 6.07) is 1.98. The van der Waals surface area contributed by atoms with Crippen LogP contribution in [0.1, 0.15) is 30.5 Å². The monoisotopic (exact) mass is 549 g/mol. The zero-order valence-corrected chi connectivity index (χ0v) is 20.1. The normalized spacial score (nSPS) is 17.1. The molecule has 0 spiro atoms. The van der Waals surface area contributed by atoms with E-state index in [4.69, 9.17) is 28.9 Å². The fourth-order valence-electron chi connectivity index (χ4n) is 3.41. The zero-order chi connectivity index (χ0) is 24.9. The number of hydrogen-bond donors (Lipinski definition) is 2. The average molecular weight is 550 g/mol. The molecule has 1 aromatic heterocycles. The van der Waals surface area contributed by atoms with Crippen LogP contribution in [-0.4, -0.2) is 34.2 Å². The summed E-state index contributed by atoms with van der Waals surface area (Å²) in [5.41, 5.74) is 4.00. The molecule has 1 fully saturated rings. The molecule has 0 radical (unpaired) electrons. The molecule has 2 aromatic rings. The van der Waals surface area contributed by atoms with Crippen LogP contribution < -0.4 is 11.1 Å². The lowest BCUT2D eigenvalue weighted by molar-refractivity contribution is -0.120. The SMILES string of the molecule is CSCCCNc1c(C2(C(N)=O)CC2)c(C#N)nn1-c1c(Cl)cc(S(F)(F)(F)(F)F)cc1Cl. The summed E-state index contributed by atoms with van der Waals surface area (Å²) in [6.07, 6.45) is 3.23. The van der Waals surface area contributed by atoms with E-state index in [0.29, 0.717) is 25.8 Å². The predicted molar refractivity (Wildman–Crippen MR) is 121 cm³/mol. The third-order valence-electron chi connectivity index (χ3n) is 5.16. The van der Waals surface area contributed by atoms with E-state index in [9.17, 15) is 29.5 Å². The van der Waals surface area contributed by atoms with Gasteiger partial charge in [-0.25, -0.2) is 4.68 Å². The molecular formula is C18H18Cl2F5N5OS2. The standard InChI is InChI=1S/C18H18Cl2F5N5OS2/c1-32-6-2-5-28-16-14(18(3-4-18)17(27)31)13(9-26)29-30(16)15-11(19)7-10(8-12(15)20)33(21,22,23,24)25/h7-8,28H,2-6H2,1H3,(H2,27,31). The lowest BCUT2D eigenvalue weighted by Crippen LogP contribution is -2.29. The van der Waals surface area contributed by atoms with E-state index in [1.54, 1.807) is 11.8 Å². The van der Waals surface area contributed by atoms with E-state index >= 15 is 0 Å². The van der Waals surface area contributed by atoms with Crippen LogP contribution in [0.4, 0.5) is 25.2 Å². The number of benzene rings is 1. The Balaban J connectivity index is 2.25. The Labute approximate surface area is 200 Å². The molecule has 1 aromatic carbocycles. The number of nitrogens with one attached hydrogen (secondary N) is 1. The number of nitriles is 1. The number of amides is 1. The Kier molecular flexibility index (Phi) is 6.11. The van der Waals surface area contributed by atoms with Crippen LogP contribution >= 0.6 is 45.2 Å². The topological polar surface area (TPSA) is 96.7 Å². The number of nitrogens with two attached hydrogens (primary N) is 1. The number of carbonyl (C=O) groups is 1. The van der Waals surface area contributed by atoms with Crippen molar-refractivity contribution >= 4 is 56.9 Å². The number of aromatic nitrogens is 2. The first-order valence-electron chi connectivity index (χ1n) is 9.35. The first-order chi connectivity index (χ1) is 15.1. The predicted octanol–water partition coefficient (Wildman–Crippen LogP) is 6.39.